The number of nitrogens with zero attached hydrogens (tertiary/aromatic N) is 1. The van der Waals surface area contributed by atoms with E-state index in [0.717, 1.165) is 10.4 Å². The minimum Gasteiger partial charge on any atom is -0.409 e. The van der Waals surface area contributed by atoms with Crippen molar-refractivity contribution >= 4 is 16.1 Å². The largest absolute Gasteiger partial charge is 0.409 e. The molecular formula is C8H13NSi. The van der Waals surface area contributed by atoms with Crippen molar-refractivity contribution in [2.45, 2.75) is 6.92 Å². The standard InChI is InChI=1S/C8H13NSi/c1-7-3-5-8(6-4-7)9(2)10/h3-6H,1-2,10H3. The van der Waals surface area contributed by atoms with Crippen molar-refractivity contribution in [3.05, 3.63) is 29.8 Å². The lowest BCUT2D eigenvalue weighted by Gasteiger charge is -2.12. The number of rotatable bonds is 1. The molecule has 0 spiro atoms. The van der Waals surface area contributed by atoms with Crippen LogP contribution in [0.25, 0.3) is 0 Å². The molecule has 1 nitrogen and oxygen atoms in total. The summed E-state index contributed by atoms with van der Waals surface area (Å²) in [6.07, 6.45) is 0. The van der Waals surface area contributed by atoms with E-state index in [1.807, 2.05) is 0 Å². The summed E-state index contributed by atoms with van der Waals surface area (Å²) in [7, 11) is 3.20. The van der Waals surface area contributed by atoms with Gasteiger partial charge >= 0.3 is 0 Å². The second-order valence-electron chi connectivity index (χ2n) is 2.73. The van der Waals surface area contributed by atoms with Gasteiger partial charge in [-0.25, -0.2) is 0 Å². The van der Waals surface area contributed by atoms with Gasteiger partial charge in [-0.05, 0) is 26.1 Å². The predicted octanol–water partition coefficient (Wildman–Crippen LogP) is 0.712. The second-order valence-corrected chi connectivity index (χ2v) is 4.07. The number of aryl methyl sites for hydroxylation is 1. The van der Waals surface area contributed by atoms with Crippen LogP contribution in [-0.2, 0) is 0 Å². The fraction of sp³-hybridized carbons (Fsp3) is 0.250. The van der Waals surface area contributed by atoms with Crippen molar-refractivity contribution in [2.24, 2.45) is 0 Å². The number of benzene rings is 1. The lowest BCUT2D eigenvalue weighted by atomic mass is 10.2. The maximum Gasteiger partial charge on any atom is 0.107 e. The Morgan fingerprint density at radius 3 is 2.10 bits per heavy atom. The first-order valence-electron chi connectivity index (χ1n) is 3.44. The highest BCUT2D eigenvalue weighted by molar-refractivity contribution is 6.17. The van der Waals surface area contributed by atoms with Crippen LogP contribution in [0, 0.1) is 6.92 Å². The highest BCUT2D eigenvalue weighted by atomic mass is 28.2. The molecule has 1 aromatic carbocycles. The molecule has 0 N–H and O–H groups in total. The van der Waals surface area contributed by atoms with E-state index in [9.17, 15) is 0 Å². The quantitative estimate of drug-likeness (QED) is 0.534. The van der Waals surface area contributed by atoms with Crippen molar-refractivity contribution in [1.29, 1.82) is 0 Å². The zero-order valence-corrected chi connectivity index (χ0v) is 8.76. The Bertz CT molecular complexity index is 203. The van der Waals surface area contributed by atoms with Gasteiger partial charge in [0, 0.05) is 5.69 Å². The molecule has 2 heteroatoms. The fourth-order valence-electron chi connectivity index (χ4n) is 0.843. The average Bonchev–Trinajstić information content (AvgIpc) is 1.88. The van der Waals surface area contributed by atoms with Gasteiger partial charge in [-0.1, -0.05) is 17.7 Å². The molecule has 0 aliphatic heterocycles. The van der Waals surface area contributed by atoms with E-state index in [1.165, 1.54) is 11.3 Å². The monoisotopic (exact) mass is 151 g/mol. The first kappa shape index (κ1) is 7.35. The average molecular weight is 151 g/mol. The molecule has 0 aliphatic rings. The van der Waals surface area contributed by atoms with E-state index in [4.69, 9.17) is 0 Å². The first-order valence-corrected chi connectivity index (χ1v) is 4.33. The Hall–Kier alpha value is -0.763. The minimum atomic E-state index is 1.09. The highest BCUT2D eigenvalue weighted by Gasteiger charge is 1.90. The van der Waals surface area contributed by atoms with Gasteiger partial charge in [0.1, 0.15) is 10.4 Å². The molecule has 0 aromatic heterocycles. The lowest BCUT2D eigenvalue weighted by molar-refractivity contribution is 1.33. The maximum atomic E-state index is 2.24. The third-order valence-corrected chi connectivity index (χ3v) is 2.07. The molecular weight excluding hydrogens is 138 g/mol. The summed E-state index contributed by atoms with van der Waals surface area (Å²) in [5.41, 5.74) is 2.64. The molecule has 0 atom stereocenters. The molecule has 0 saturated carbocycles. The summed E-state index contributed by atoms with van der Waals surface area (Å²) in [6, 6.07) is 8.60. The Morgan fingerprint density at radius 1 is 1.20 bits per heavy atom. The van der Waals surface area contributed by atoms with Gasteiger partial charge in [0.15, 0.2) is 0 Å². The van der Waals surface area contributed by atoms with E-state index >= 15 is 0 Å². The van der Waals surface area contributed by atoms with Crippen LogP contribution >= 0.6 is 0 Å². The Morgan fingerprint density at radius 2 is 1.70 bits per heavy atom. The van der Waals surface area contributed by atoms with Crippen molar-refractivity contribution in [2.75, 3.05) is 11.6 Å². The van der Waals surface area contributed by atoms with Crippen molar-refractivity contribution in [3.63, 3.8) is 0 Å². The molecule has 0 fully saturated rings. The van der Waals surface area contributed by atoms with Crippen LogP contribution in [-0.4, -0.2) is 17.5 Å². The van der Waals surface area contributed by atoms with Crippen LogP contribution in [0.2, 0.25) is 0 Å². The van der Waals surface area contributed by atoms with Gasteiger partial charge in [-0.2, -0.15) is 0 Å². The zero-order chi connectivity index (χ0) is 7.56. The number of hydrogen-bond acceptors (Lipinski definition) is 1. The maximum absolute atomic E-state index is 2.24. The lowest BCUT2D eigenvalue weighted by Crippen LogP contribution is -2.10. The molecule has 0 aliphatic carbocycles. The first-order chi connectivity index (χ1) is 4.70. The van der Waals surface area contributed by atoms with Crippen LogP contribution < -0.4 is 4.57 Å². The number of hydrogen-bond donors (Lipinski definition) is 0. The summed E-state index contributed by atoms with van der Waals surface area (Å²) in [4.78, 5) is 0. The Labute approximate surface area is 65.2 Å². The van der Waals surface area contributed by atoms with Crippen LogP contribution in [0.3, 0.4) is 0 Å². The zero-order valence-electron chi connectivity index (χ0n) is 6.76. The van der Waals surface area contributed by atoms with Crippen LogP contribution in [0.1, 0.15) is 5.56 Å². The van der Waals surface area contributed by atoms with Gasteiger partial charge in [0.2, 0.25) is 0 Å². The number of anilines is 1. The summed E-state index contributed by atoms with van der Waals surface area (Å²) in [6.45, 7) is 2.11. The smallest absolute Gasteiger partial charge is 0.107 e. The van der Waals surface area contributed by atoms with E-state index < -0.39 is 0 Å². The molecule has 0 radical (unpaired) electrons. The van der Waals surface area contributed by atoms with Gasteiger partial charge in [0.25, 0.3) is 0 Å². The molecule has 10 heavy (non-hydrogen) atoms. The molecule has 0 saturated heterocycles. The Kier molecular flexibility index (Phi) is 2.12. The van der Waals surface area contributed by atoms with Crippen molar-refractivity contribution in [1.82, 2.24) is 0 Å². The summed E-state index contributed by atoms with van der Waals surface area (Å²) < 4.78 is 2.24. The molecule has 1 rings (SSSR count). The third kappa shape index (κ3) is 1.61. The van der Waals surface area contributed by atoms with Gasteiger partial charge in [-0.15, -0.1) is 0 Å². The summed E-state index contributed by atoms with van der Waals surface area (Å²) >= 11 is 0. The SMILES string of the molecule is Cc1ccc(N(C)[SiH3])cc1. The minimum absolute atomic E-state index is 1.09. The summed E-state index contributed by atoms with van der Waals surface area (Å²) in [5, 5.41) is 0. The Balaban J connectivity index is 2.89. The molecule has 1 aromatic rings. The third-order valence-electron chi connectivity index (χ3n) is 1.55. The van der Waals surface area contributed by atoms with Gasteiger partial charge in [0.05, 0.1) is 0 Å². The second kappa shape index (κ2) is 2.88. The van der Waals surface area contributed by atoms with E-state index in [0.29, 0.717) is 0 Å². The van der Waals surface area contributed by atoms with E-state index in [2.05, 4.69) is 42.8 Å². The van der Waals surface area contributed by atoms with Crippen molar-refractivity contribution in [3.8, 4) is 0 Å². The van der Waals surface area contributed by atoms with Gasteiger partial charge < -0.3 is 4.57 Å². The van der Waals surface area contributed by atoms with Crippen LogP contribution in [0.15, 0.2) is 24.3 Å². The molecule has 0 bridgehead atoms. The van der Waals surface area contributed by atoms with Crippen LogP contribution in [0.4, 0.5) is 5.69 Å². The van der Waals surface area contributed by atoms with E-state index in [-0.39, 0.29) is 0 Å². The molecule has 0 unspecified atom stereocenters. The predicted molar refractivity (Wildman–Crippen MR) is 49.5 cm³/mol. The van der Waals surface area contributed by atoms with Gasteiger partial charge in [-0.3, -0.25) is 0 Å². The molecule has 0 amide bonds. The molecule has 54 valence electrons. The van der Waals surface area contributed by atoms with Crippen LogP contribution in [0.5, 0.6) is 0 Å². The fourth-order valence-corrected chi connectivity index (χ4v) is 1.14. The normalized spacial score (nSPS) is 9.80. The van der Waals surface area contributed by atoms with Crippen molar-refractivity contribution < 1.29 is 0 Å². The van der Waals surface area contributed by atoms with E-state index in [1.54, 1.807) is 0 Å². The summed E-state index contributed by atoms with van der Waals surface area (Å²) in [5.74, 6) is 0. The highest BCUT2D eigenvalue weighted by Crippen LogP contribution is 2.10. The topological polar surface area (TPSA) is 3.24 Å². The molecule has 0 heterocycles.